The van der Waals surface area contributed by atoms with Gasteiger partial charge in [0.1, 0.15) is 0 Å². The van der Waals surface area contributed by atoms with Crippen LogP contribution < -0.4 is 0 Å². The number of β-amino-alcohol motifs (C(OH)–C–C–N with tert-alkyl or cyclic N) is 1. The van der Waals surface area contributed by atoms with Crippen LogP contribution in [0, 0.1) is 10.1 Å². The fourth-order valence-electron chi connectivity index (χ4n) is 2.43. The molecule has 7 nitrogen and oxygen atoms in total. The largest absolute Gasteiger partial charge is 0.395 e. The number of carbonyl (C=O) groups is 1. The minimum Gasteiger partial charge on any atom is -0.395 e. The van der Waals surface area contributed by atoms with E-state index in [0.717, 1.165) is 13.1 Å². The fourth-order valence-corrected chi connectivity index (χ4v) is 2.67. The number of piperazine rings is 1. The van der Waals surface area contributed by atoms with Gasteiger partial charge in [0.25, 0.3) is 5.69 Å². The predicted molar refractivity (Wildman–Crippen MR) is 81.9 cm³/mol. The van der Waals surface area contributed by atoms with E-state index in [2.05, 4.69) is 4.90 Å². The Morgan fingerprint density at radius 2 is 2.00 bits per heavy atom. The molecular formula is C14H18ClN3O4. The van der Waals surface area contributed by atoms with Crippen molar-refractivity contribution in [3.8, 4) is 0 Å². The number of hydrogen-bond donors (Lipinski definition) is 1. The second kappa shape index (κ2) is 7.53. The second-order valence-corrected chi connectivity index (χ2v) is 5.56. The van der Waals surface area contributed by atoms with Gasteiger partial charge in [0, 0.05) is 44.9 Å². The normalized spacial score (nSPS) is 15.8. The molecule has 22 heavy (non-hydrogen) atoms. The van der Waals surface area contributed by atoms with Gasteiger partial charge >= 0.3 is 0 Å². The highest BCUT2D eigenvalue weighted by Crippen LogP contribution is 2.23. The lowest BCUT2D eigenvalue weighted by Gasteiger charge is -2.34. The molecule has 0 aliphatic carbocycles. The monoisotopic (exact) mass is 327 g/mol. The zero-order chi connectivity index (χ0) is 16.1. The highest BCUT2D eigenvalue weighted by molar-refractivity contribution is 6.31. The molecule has 1 aromatic rings. The van der Waals surface area contributed by atoms with Crippen LogP contribution in [0.4, 0.5) is 5.69 Å². The molecule has 8 heteroatoms. The standard InChI is InChI=1S/C14H18ClN3O4/c15-13-10-12(18(21)22)2-1-11(13)9-14(20)17-5-3-16(4-6-17)7-8-19/h1-2,10,19H,3-9H2. The molecule has 1 heterocycles. The van der Waals surface area contributed by atoms with Crippen LogP contribution in [-0.4, -0.2) is 65.1 Å². The van der Waals surface area contributed by atoms with E-state index in [-0.39, 0.29) is 29.6 Å². The van der Waals surface area contributed by atoms with Crippen LogP contribution in [0.2, 0.25) is 5.02 Å². The van der Waals surface area contributed by atoms with Crippen molar-refractivity contribution in [3.63, 3.8) is 0 Å². The summed E-state index contributed by atoms with van der Waals surface area (Å²) in [6.07, 6.45) is 0.136. The van der Waals surface area contributed by atoms with E-state index < -0.39 is 4.92 Å². The highest BCUT2D eigenvalue weighted by Gasteiger charge is 2.21. The molecule has 1 amide bonds. The van der Waals surface area contributed by atoms with Crippen LogP contribution in [-0.2, 0) is 11.2 Å². The van der Waals surface area contributed by atoms with Crippen molar-refractivity contribution >= 4 is 23.2 Å². The lowest BCUT2D eigenvalue weighted by Crippen LogP contribution is -2.49. The van der Waals surface area contributed by atoms with Crippen LogP contribution in [0.15, 0.2) is 18.2 Å². The maximum Gasteiger partial charge on any atom is 0.270 e. The molecule has 0 spiro atoms. The number of non-ortho nitro benzene ring substituents is 1. The third-order valence-corrected chi connectivity index (χ3v) is 4.08. The molecule has 120 valence electrons. The summed E-state index contributed by atoms with van der Waals surface area (Å²) in [5.74, 6) is -0.0422. The van der Waals surface area contributed by atoms with E-state index in [1.54, 1.807) is 4.90 Å². The number of carbonyl (C=O) groups excluding carboxylic acids is 1. The van der Waals surface area contributed by atoms with Gasteiger partial charge in [-0.15, -0.1) is 0 Å². The Bertz CT molecular complexity index is 559. The summed E-state index contributed by atoms with van der Waals surface area (Å²) in [6.45, 7) is 3.44. The molecule has 1 N–H and O–H groups in total. The number of nitro groups is 1. The predicted octanol–water partition coefficient (Wildman–Crippen LogP) is 0.927. The third kappa shape index (κ3) is 4.16. The topological polar surface area (TPSA) is 86.9 Å². The van der Waals surface area contributed by atoms with Crippen molar-refractivity contribution in [1.82, 2.24) is 9.80 Å². The SMILES string of the molecule is O=C(Cc1ccc([N+](=O)[O-])cc1Cl)N1CCN(CCO)CC1. The van der Waals surface area contributed by atoms with Gasteiger partial charge in [0.15, 0.2) is 0 Å². The Labute approximate surface area is 133 Å². The van der Waals surface area contributed by atoms with Crippen molar-refractivity contribution in [3.05, 3.63) is 38.9 Å². The van der Waals surface area contributed by atoms with Crippen molar-refractivity contribution in [2.45, 2.75) is 6.42 Å². The van der Waals surface area contributed by atoms with E-state index in [9.17, 15) is 14.9 Å². The number of rotatable bonds is 5. The van der Waals surface area contributed by atoms with Gasteiger partial charge in [-0.1, -0.05) is 17.7 Å². The summed E-state index contributed by atoms with van der Waals surface area (Å²) in [5.41, 5.74) is 0.508. The maximum absolute atomic E-state index is 12.3. The zero-order valence-electron chi connectivity index (χ0n) is 12.1. The van der Waals surface area contributed by atoms with Crippen LogP contribution in [0.1, 0.15) is 5.56 Å². The average molecular weight is 328 g/mol. The first-order valence-electron chi connectivity index (χ1n) is 7.05. The van der Waals surface area contributed by atoms with E-state index in [0.29, 0.717) is 25.2 Å². The summed E-state index contributed by atoms with van der Waals surface area (Å²) >= 11 is 6.01. The summed E-state index contributed by atoms with van der Waals surface area (Å²) in [4.78, 5) is 26.3. The van der Waals surface area contributed by atoms with Gasteiger partial charge in [-0.25, -0.2) is 0 Å². The van der Waals surface area contributed by atoms with Gasteiger partial charge in [0.05, 0.1) is 23.0 Å². The van der Waals surface area contributed by atoms with E-state index in [1.807, 2.05) is 0 Å². The molecule has 1 aromatic carbocycles. The first-order chi connectivity index (χ1) is 10.5. The Balaban J connectivity index is 1.94. The lowest BCUT2D eigenvalue weighted by molar-refractivity contribution is -0.384. The van der Waals surface area contributed by atoms with E-state index in [1.165, 1.54) is 18.2 Å². The first kappa shape index (κ1) is 16.7. The molecule has 0 unspecified atom stereocenters. The fraction of sp³-hybridized carbons (Fsp3) is 0.500. The smallest absolute Gasteiger partial charge is 0.270 e. The van der Waals surface area contributed by atoms with Crippen LogP contribution in [0.3, 0.4) is 0 Å². The zero-order valence-corrected chi connectivity index (χ0v) is 12.8. The van der Waals surface area contributed by atoms with Crippen molar-refractivity contribution < 1.29 is 14.8 Å². The molecule has 1 aliphatic rings. The Morgan fingerprint density at radius 1 is 1.32 bits per heavy atom. The number of aliphatic hydroxyl groups excluding tert-OH is 1. The molecular weight excluding hydrogens is 310 g/mol. The van der Waals surface area contributed by atoms with Crippen molar-refractivity contribution in [2.75, 3.05) is 39.3 Å². The Kier molecular flexibility index (Phi) is 5.70. The summed E-state index contributed by atoms with van der Waals surface area (Å²) in [7, 11) is 0. The Morgan fingerprint density at radius 3 is 2.55 bits per heavy atom. The van der Waals surface area contributed by atoms with Crippen LogP contribution in [0.5, 0.6) is 0 Å². The molecule has 2 rings (SSSR count). The molecule has 0 radical (unpaired) electrons. The third-order valence-electron chi connectivity index (χ3n) is 3.73. The van der Waals surface area contributed by atoms with Gasteiger partial charge in [0.2, 0.25) is 5.91 Å². The van der Waals surface area contributed by atoms with Gasteiger partial charge < -0.3 is 10.0 Å². The average Bonchev–Trinajstić information content (AvgIpc) is 2.50. The molecule has 1 aliphatic heterocycles. The number of aliphatic hydroxyl groups is 1. The summed E-state index contributed by atoms with van der Waals surface area (Å²) in [5, 5.41) is 19.8. The molecule has 0 bridgehead atoms. The number of amides is 1. The van der Waals surface area contributed by atoms with E-state index >= 15 is 0 Å². The number of nitrogens with zero attached hydrogens (tertiary/aromatic N) is 3. The van der Waals surface area contributed by atoms with Gasteiger partial charge in [-0.3, -0.25) is 19.8 Å². The van der Waals surface area contributed by atoms with Crippen molar-refractivity contribution in [1.29, 1.82) is 0 Å². The first-order valence-corrected chi connectivity index (χ1v) is 7.43. The number of halogens is 1. The van der Waals surface area contributed by atoms with Crippen molar-refractivity contribution in [2.24, 2.45) is 0 Å². The quantitative estimate of drug-likeness (QED) is 0.642. The Hall–Kier alpha value is -1.70. The lowest BCUT2D eigenvalue weighted by atomic mass is 10.1. The second-order valence-electron chi connectivity index (χ2n) is 5.16. The molecule has 1 saturated heterocycles. The number of hydrogen-bond acceptors (Lipinski definition) is 5. The van der Waals surface area contributed by atoms with Crippen LogP contribution in [0.25, 0.3) is 0 Å². The number of nitro benzene ring substituents is 1. The van der Waals surface area contributed by atoms with E-state index in [4.69, 9.17) is 16.7 Å². The summed E-state index contributed by atoms with van der Waals surface area (Å²) < 4.78 is 0. The molecule has 0 saturated carbocycles. The van der Waals surface area contributed by atoms with Gasteiger partial charge in [-0.05, 0) is 5.56 Å². The minimum atomic E-state index is -0.516. The van der Waals surface area contributed by atoms with Gasteiger partial charge in [-0.2, -0.15) is 0 Å². The molecule has 0 aromatic heterocycles. The highest BCUT2D eigenvalue weighted by atomic mass is 35.5. The maximum atomic E-state index is 12.3. The minimum absolute atomic E-state index is 0.0422. The summed E-state index contributed by atoms with van der Waals surface area (Å²) in [6, 6.07) is 4.15. The van der Waals surface area contributed by atoms with Crippen LogP contribution >= 0.6 is 11.6 Å². The number of benzene rings is 1. The molecule has 1 fully saturated rings. The molecule has 0 atom stereocenters.